The molecule has 1 rings (SSSR count). The van der Waals surface area contributed by atoms with Crippen LogP contribution in [-0.2, 0) is 0 Å². The van der Waals surface area contributed by atoms with Crippen LogP contribution in [0.15, 0.2) is 23.2 Å². The van der Waals surface area contributed by atoms with Gasteiger partial charge in [0, 0.05) is 15.6 Å². The molecule has 1 aromatic carbocycles. The van der Waals surface area contributed by atoms with Crippen LogP contribution in [0.25, 0.3) is 0 Å². The lowest BCUT2D eigenvalue weighted by Crippen LogP contribution is -2.23. The number of guanidine groups is 1. The van der Waals surface area contributed by atoms with Crippen molar-refractivity contribution in [3.8, 4) is 0 Å². The van der Waals surface area contributed by atoms with E-state index in [1.54, 1.807) is 18.2 Å². The molecule has 0 heterocycles. The maximum absolute atomic E-state index is 9.74. The van der Waals surface area contributed by atoms with E-state index in [1.165, 1.54) is 0 Å². The molecule has 0 bridgehead atoms. The van der Waals surface area contributed by atoms with E-state index in [1.807, 2.05) is 0 Å². The first-order chi connectivity index (χ1) is 7.02. The number of halogens is 3. The molecule has 0 fully saturated rings. The molecule has 0 amide bonds. The molecule has 4 nitrogen and oxygen atoms in total. The predicted octanol–water partition coefficient (Wildman–Crippen LogP) is 1.92. The summed E-state index contributed by atoms with van der Waals surface area (Å²) >= 11 is 11.8. The summed E-state index contributed by atoms with van der Waals surface area (Å²) in [7, 11) is 0. The summed E-state index contributed by atoms with van der Waals surface area (Å²) in [4.78, 5) is 3.69. The monoisotopic (exact) mass is 375 g/mol. The Morgan fingerprint density at radius 1 is 1.31 bits per heavy atom. The molecule has 0 radical (unpaired) electrons. The first kappa shape index (κ1) is 15.8. The molecule has 1 atom stereocenters. The van der Waals surface area contributed by atoms with E-state index >= 15 is 0 Å². The van der Waals surface area contributed by atoms with Gasteiger partial charge in [-0.15, -0.1) is 24.0 Å². The average molecular weight is 376 g/mol. The van der Waals surface area contributed by atoms with Crippen LogP contribution >= 0.6 is 47.2 Å². The highest BCUT2D eigenvalue weighted by Gasteiger charge is 2.14. The van der Waals surface area contributed by atoms with Gasteiger partial charge in [0.2, 0.25) is 0 Å². The molecule has 0 spiro atoms. The summed E-state index contributed by atoms with van der Waals surface area (Å²) in [5.41, 5.74) is 10.7. The second-order valence-electron chi connectivity index (χ2n) is 2.92. The highest BCUT2D eigenvalue weighted by Crippen LogP contribution is 2.30. The quantitative estimate of drug-likeness (QED) is 0.428. The third-order valence-electron chi connectivity index (χ3n) is 1.78. The van der Waals surface area contributed by atoms with Crippen molar-refractivity contribution in [1.82, 2.24) is 0 Å². The Balaban J connectivity index is 0.00000225. The van der Waals surface area contributed by atoms with Crippen molar-refractivity contribution in [3.05, 3.63) is 33.8 Å². The van der Waals surface area contributed by atoms with Gasteiger partial charge < -0.3 is 16.6 Å². The normalized spacial score (nSPS) is 11.4. The molecule has 0 aliphatic rings. The molecule has 16 heavy (non-hydrogen) atoms. The van der Waals surface area contributed by atoms with Gasteiger partial charge in [0.05, 0.1) is 6.54 Å². The zero-order valence-corrected chi connectivity index (χ0v) is 12.1. The third-order valence-corrected chi connectivity index (χ3v) is 2.44. The van der Waals surface area contributed by atoms with Gasteiger partial charge in [0.15, 0.2) is 5.96 Å². The molecule has 0 aliphatic heterocycles. The van der Waals surface area contributed by atoms with Crippen LogP contribution in [0, 0.1) is 0 Å². The molecule has 90 valence electrons. The Bertz CT molecular complexity index is 363. The number of hydrogen-bond donors (Lipinski definition) is 3. The Morgan fingerprint density at radius 2 is 1.81 bits per heavy atom. The zero-order valence-electron chi connectivity index (χ0n) is 8.23. The summed E-state index contributed by atoms with van der Waals surface area (Å²) in [5.74, 6) is -0.0859. The van der Waals surface area contributed by atoms with Crippen molar-refractivity contribution in [3.63, 3.8) is 0 Å². The Hall–Kier alpha value is -0.240. The SMILES string of the molecule is I.NC(N)=NCC(O)c1c(Cl)cccc1Cl. The smallest absolute Gasteiger partial charge is 0.186 e. The van der Waals surface area contributed by atoms with Crippen molar-refractivity contribution in [2.24, 2.45) is 16.5 Å². The van der Waals surface area contributed by atoms with Gasteiger partial charge in [-0.25, -0.2) is 0 Å². The minimum Gasteiger partial charge on any atom is -0.386 e. The van der Waals surface area contributed by atoms with E-state index in [9.17, 15) is 5.11 Å². The lowest BCUT2D eigenvalue weighted by atomic mass is 10.1. The second kappa shape index (κ2) is 7.16. The highest BCUT2D eigenvalue weighted by atomic mass is 127. The van der Waals surface area contributed by atoms with Crippen LogP contribution in [0.4, 0.5) is 0 Å². The minimum atomic E-state index is -0.909. The zero-order chi connectivity index (χ0) is 11.4. The summed E-state index contributed by atoms with van der Waals surface area (Å²) in [6, 6.07) is 4.98. The highest BCUT2D eigenvalue weighted by molar-refractivity contribution is 14.0. The molecule has 0 saturated heterocycles. The van der Waals surface area contributed by atoms with Gasteiger partial charge >= 0.3 is 0 Å². The first-order valence-electron chi connectivity index (χ1n) is 4.19. The number of benzene rings is 1. The molecular formula is C9H12Cl2IN3O. The maximum Gasteiger partial charge on any atom is 0.186 e. The number of rotatable bonds is 3. The average Bonchev–Trinajstić information content (AvgIpc) is 2.14. The number of nitrogens with zero attached hydrogens (tertiary/aromatic N) is 1. The fourth-order valence-corrected chi connectivity index (χ4v) is 1.76. The molecule has 0 saturated carbocycles. The Labute approximate surface area is 121 Å². The lowest BCUT2D eigenvalue weighted by Gasteiger charge is -2.12. The molecule has 7 heteroatoms. The van der Waals surface area contributed by atoms with E-state index in [0.717, 1.165) is 0 Å². The van der Waals surface area contributed by atoms with Crippen LogP contribution in [0.2, 0.25) is 10.0 Å². The van der Waals surface area contributed by atoms with Crippen LogP contribution in [0.3, 0.4) is 0 Å². The van der Waals surface area contributed by atoms with Crippen molar-refractivity contribution in [2.75, 3.05) is 6.54 Å². The van der Waals surface area contributed by atoms with Crippen molar-refractivity contribution in [2.45, 2.75) is 6.10 Å². The van der Waals surface area contributed by atoms with E-state index in [2.05, 4.69) is 4.99 Å². The summed E-state index contributed by atoms with van der Waals surface area (Å²) < 4.78 is 0. The van der Waals surface area contributed by atoms with Crippen LogP contribution in [-0.4, -0.2) is 17.6 Å². The number of nitrogens with two attached hydrogens (primary N) is 2. The first-order valence-corrected chi connectivity index (χ1v) is 4.95. The second-order valence-corrected chi connectivity index (χ2v) is 3.73. The third kappa shape index (κ3) is 4.32. The fourth-order valence-electron chi connectivity index (χ4n) is 1.11. The molecule has 5 N–H and O–H groups in total. The molecule has 1 unspecified atom stereocenters. The van der Waals surface area contributed by atoms with Crippen LogP contribution in [0.1, 0.15) is 11.7 Å². The van der Waals surface area contributed by atoms with Crippen LogP contribution in [0.5, 0.6) is 0 Å². The summed E-state index contributed by atoms with van der Waals surface area (Å²) in [6.07, 6.45) is -0.909. The number of hydrogen-bond acceptors (Lipinski definition) is 2. The lowest BCUT2D eigenvalue weighted by molar-refractivity contribution is 0.187. The predicted molar refractivity (Wildman–Crippen MR) is 77.5 cm³/mol. The summed E-state index contributed by atoms with van der Waals surface area (Å²) in [5, 5.41) is 10.5. The van der Waals surface area contributed by atoms with Gasteiger partial charge in [-0.05, 0) is 12.1 Å². The van der Waals surface area contributed by atoms with Gasteiger partial charge in [-0.2, -0.15) is 0 Å². The van der Waals surface area contributed by atoms with E-state index in [0.29, 0.717) is 15.6 Å². The van der Waals surface area contributed by atoms with E-state index < -0.39 is 6.10 Å². The van der Waals surface area contributed by atoms with Crippen LogP contribution < -0.4 is 11.5 Å². The number of aliphatic hydroxyl groups is 1. The minimum absolute atomic E-state index is 0. The van der Waals surface area contributed by atoms with Gasteiger partial charge in [-0.1, -0.05) is 29.3 Å². The number of aliphatic hydroxyl groups excluding tert-OH is 1. The van der Waals surface area contributed by atoms with Gasteiger partial charge in [0.1, 0.15) is 6.10 Å². The van der Waals surface area contributed by atoms with Gasteiger partial charge in [-0.3, -0.25) is 4.99 Å². The fraction of sp³-hybridized carbons (Fsp3) is 0.222. The van der Waals surface area contributed by atoms with Crippen molar-refractivity contribution >= 4 is 53.1 Å². The Morgan fingerprint density at radius 3 is 2.25 bits per heavy atom. The molecule has 0 aromatic heterocycles. The molecular weight excluding hydrogens is 364 g/mol. The van der Waals surface area contributed by atoms with Crippen molar-refractivity contribution < 1.29 is 5.11 Å². The standard InChI is InChI=1S/C9H11Cl2N3O.HI/c10-5-2-1-3-6(11)8(5)7(15)4-14-9(12)13;/h1-3,7,15H,4H2,(H4,12,13,14);1H. The van der Waals surface area contributed by atoms with Gasteiger partial charge in [0.25, 0.3) is 0 Å². The summed E-state index contributed by atoms with van der Waals surface area (Å²) in [6.45, 7) is 0.0335. The Kier molecular flexibility index (Phi) is 7.05. The van der Waals surface area contributed by atoms with E-state index in [4.69, 9.17) is 34.7 Å². The van der Waals surface area contributed by atoms with E-state index in [-0.39, 0.29) is 36.5 Å². The maximum atomic E-state index is 9.74. The van der Waals surface area contributed by atoms with Crippen molar-refractivity contribution in [1.29, 1.82) is 0 Å². The number of aliphatic imine (C=N–C) groups is 1. The largest absolute Gasteiger partial charge is 0.386 e. The molecule has 0 aliphatic carbocycles. The topological polar surface area (TPSA) is 84.6 Å². The molecule has 1 aromatic rings.